The normalized spacial score (nSPS) is 13.9. The molecule has 0 saturated carbocycles. The van der Waals surface area contributed by atoms with Crippen molar-refractivity contribution in [3.8, 4) is 47.4 Å². The first kappa shape index (κ1) is 13.7. The first-order valence-corrected chi connectivity index (χ1v) is 6.68. The molecule has 0 aliphatic carbocycles. The van der Waals surface area contributed by atoms with E-state index in [0.29, 0.717) is 13.1 Å². The second-order valence-corrected chi connectivity index (χ2v) is 4.25. The molecule has 1 aromatic carbocycles. The highest BCUT2D eigenvalue weighted by Gasteiger charge is 2.01. The summed E-state index contributed by atoms with van der Waals surface area (Å²) in [6.45, 7) is 1.25. The highest BCUT2D eigenvalue weighted by molar-refractivity contribution is 5.49. The molecule has 0 N–H and O–H groups in total. The van der Waals surface area contributed by atoms with E-state index >= 15 is 0 Å². The molecule has 0 saturated heterocycles. The van der Waals surface area contributed by atoms with Crippen molar-refractivity contribution in [2.24, 2.45) is 0 Å². The lowest BCUT2D eigenvalue weighted by Gasteiger charge is -2.19. The van der Waals surface area contributed by atoms with E-state index in [1.165, 1.54) is 0 Å². The zero-order chi connectivity index (χ0) is 13.9. The summed E-state index contributed by atoms with van der Waals surface area (Å²) in [6, 6.07) is 10.2. The smallest absolute Gasteiger partial charge is 0.0814 e. The van der Waals surface area contributed by atoms with Crippen LogP contribution in [0.3, 0.4) is 0 Å². The Labute approximate surface area is 121 Å². The van der Waals surface area contributed by atoms with Crippen LogP contribution in [0.25, 0.3) is 0 Å². The van der Waals surface area contributed by atoms with E-state index in [0.717, 1.165) is 24.9 Å². The van der Waals surface area contributed by atoms with Crippen molar-refractivity contribution < 1.29 is 0 Å². The van der Waals surface area contributed by atoms with Crippen LogP contribution < -0.4 is 4.90 Å². The van der Waals surface area contributed by atoms with Gasteiger partial charge in [-0.25, -0.2) is 0 Å². The molecule has 1 aliphatic heterocycles. The second kappa shape index (κ2) is 8.38. The summed E-state index contributed by atoms with van der Waals surface area (Å²) in [5, 5.41) is 0. The summed E-state index contributed by atoms with van der Waals surface area (Å²) in [5.74, 6) is 23.9. The molecule has 20 heavy (non-hydrogen) atoms. The van der Waals surface area contributed by atoms with Gasteiger partial charge in [0, 0.05) is 18.5 Å². The fourth-order valence-electron chi connectivity index (χ4n) is 1.71. The van der Waals surface area contributed by atoms with E-state index in [9.17, 15) is 0 Å². The van der Waals surface area contributed by atoms with Gasteiger partial charge in [0.25, 0.3) is 0 Å². The van der Waals surface area contributed by atoms with Crippen molar-refractivity contribution >= 4 is 5.69 Å². The molecule has 0 fully saturated rings. The Kier molecular flexibility index (Phi) is 5.73. The van der Waals surface area contributed by atoms with Gasteiger partial charge >= 0.3 is 0 Å². The molecule has 1 aromatic rings. The molecule has 96 valence electrons. The number of anilines is 1. The third-order valence-corrected chi connectivity index (χ3v) is 2.74. The molecule has 0 radical (unpaired) electrons. The Hall–Kier alpha value is -2.74. The van der Waals surface area contributed by atoms with Crippen LogP contribution in [0, 0.1) is 47.4 Å². The van der Waals surface area contributed by atoms with Crippen LogP contribution in [0.4, 0.5) is 5.69 Å². The molecule has 1 nitrogen and oxygen atoms in total. The van der Waals surface area contributed by atoms with E-state index < -0.39 is 0 Å². The lowest BCUT2D eigenvalue weighted by molar-refractivity contribution is 0.904. The highest BCUT2D eigenvalue weighted by atomic mass is 15.1. The molecule has 0 aromatic heterocycles. The third kappa shape index (κ3) is 4.86. The van der Waals surface area contributed by atoms with Crippen molar-refractivity contribution in [3.63, 3.8) is 0 Å². The maximum atomic E-state index is 3.09. The molecular formula is C19H15N. The standard InChI is InChI=1S/C19H15N/c1-2-4-6-8-13-17-20(18-14-9-7-5-3-1)19-15-11-10-12-16-19/h10-12,15-16H,1-3,17-18H2. The Balaban J connectivity index is 2.16. The first-order valence-electron chi connectivity index (χ1n) is 6.68. The van der Waals surface area contributed by atoms with Gasteiger partial charge in [-0.05, 0) is 42.2 Å². The van der Waals surface area contributed by atoms with Gasteiger partial charge in [0.1, 0.15) is 0 Å². The van der Waals surface area contributed by atoms with Crippen molar-refractivity contribution in [2.75, 3.05) is 18.0 Å². The fraction of sp³-hybridized carbons (Fsp3) is 0.263. The Morgan fingerprint density at radius 2 is 1.25 bits per heavy atom. The van der Waals surface area contributed by atoms with Gasteiger partial charge in [0.15, 0.2) is 0 Å². The maximum Gasteiger partial charge on any atom is 0.0814 e. The van der Waals surface area contributed by atoms with Crippen LogP contribution in [-0.2, 0) is 0 Å². The number of benzene rings is 1. The molecule has 1 heteroatoms. The number of para-hydroxylation sites is 1. The van der Waals surface area contributed by atoms with Crippen molar-refractivity contribution in [3.05, 3.63) is 30.3 Å². The predicted molar refractivity (Wildman–Crippen MR) is 83.6 cm³/mol. The van der Waals surface area contributed by atoms with E-state index in [-0.39, 0.29) is 0 Å². The topological polar surface area (TPSA) is 3.24 Å². The average Bonchev–Trinajstić information content (AvgIpc) is 2.50. The van der Waals surface area contributed by atoms with E-state index in [2.05, 4.69) is 64.4 Å². The van der Waals surface area contributed by atoms with E-state index in [1.807, 2.05) is 18.2 Å². The van der Waals surface area contributed by atoms with Crippen LogP contribution in [0.1, 0.15) is 19.3 Å². The van der Waals surface area contributed by atoms with Crippen LogP contribution in [0.2, 0.25) is 0 Å². The first-order chi connectivity index (χ1) is 9.97. The lowest BCUT2D eigenvalue weighted by atomic mass is 10.2. The Morgan fingerprint density at radius 3 is 1.85 bits per heavy atom. The van der Waals surface area contributed by atoms with Crippen LogP contribution >= 0.6 is 0 Å². The number of hydrogen-bond donors (Lipinski definition) is 0. The molecule has 1 heterocycles. The van der Waals surface area contributed by atoms with Crippen molar-refractivity contribution in [1.82, 2.24) is 0 Å². The molecule has 0 bridgehead atoms. The minimum Gasteiger partial charge on any atom is -0.349 e. The number of hydrogen-bond acceptors (Lipinski definition) is 1. The van der Waals surface area contributed by atoms with Crippen LogP contribution in [0.5, 0.6) is 0 Å². The molecule has 0 atom stereocenters. The van der Waals surface area contributed by atoms with E-state index in [1.54, 1.807) is 0 Å². The van der Waals surface area contributed by atoms with Gasteiger partial charge < -0.3 is 4.90 Å². The predicted octanol–water partition coefficient (Wildman–Crippen LogP) is 2.69. The summed E-state index contributed by atoms with van der Waals surface area (Å²) in [7, 11) is 0. The monoisotopic (exact) mass is 257 g/mol. The zero-order valence-corrected chi connectivity index (χ0v) is 11.4. The summed E-state index contributed by atoms with van der Waals surface area (Å²) in [6.07, 6.45) is 2.68. The average molecular weight is 257 g/mol. The summed E-state index contributed by atoms with van der Waals surface area (Å²) < 4.78 is 0. The molecule has 1 aliphatic rings. The zero-order valence-electron chi connectivity index (χ0n) is 11.4. The Bertz CT molecular complexity index is 627. The minimum absolute atomic E-state index is 0.626. The van der Waals surface area contributed by atoms with Gasteiger partial charge in [-0.3, -0.25) is 0 Å². The van der Waals surface area contributed by atoms with Crippen molar-refractivity contribution in [1.29, 1.82) is 0 Å². The van der Waals surface area contributed by atoms with Crippen LogP contribution in [0.15, 0.2) is 30.3 Å². The van der Waals surface area contributed by atoms with Gasteiger partial charge in [-0.1, -0.05) is 41.9 Å². The van der Waals surface area contributed by atoms with Gasteiger partial charge in [-0.15, -0.1) is 0 Å². The molecule has 0 unspecified atom stereocenters. The summed E-state index contributed by atoms with van der Waals surface area (Å²) in [5.41, 5.74) is 1.11. The highest BCUT2D eigenvalue weighted by Crippen LogP contribution is 2.11. The quantitative estimate of drug-likeness (QED) is 0.699. The van der Waals surface area contributed by atoms with E-state index in [4.69, 9.17) is 0 Å². The molecule has 0 amide bonds. The SMILES string of the molecule is C1#CCCCC#CC#CCN(c2ccccc2)CC#C1. The third-order valence-electron chi connectivity index (χ3n) is 2.74. The van der Waals surface area contributed by atoms with Crippen LogP contribution in [-0.4, -0.2) is 13.1 Å². The number of rotatable bonds is 1. The largest absolute Gasteiger partial charge is 0.349 e. The fourth-order valence-corrected chi connectivity index (χ4v) is 1.71. The Morgan fingerprint density at radius 1 is 0.700 bits per heavy atom. The molecule has 0 spiro atoms. The maximum absolute atomic E-state index is 3.09. The second-order valence-electron chi connectivity index (χ2n) is 4.25. The summed E-state index contributed by atoms with van der Waals surface area (Å²) in [4.78, 5) is 2.12. The summed E-state index contributed by atoms with van der Waals surface area (Å²) >= 11 is 0. The van der Waals surface area contributed by atoms with Crippen molar-refractivity contribution in [2.45, 2.75) is 19.3 Å². The lowest BCUT2D eigenvalue weighted by Crippen LogP contribution is -2.23. The number of nitrogens with zero attached hydrogens (tertiary/aromatic N) is 1. The van der Waals surface area contributed by atoms with Gasteiger partial charge in [0.2, 0.25) is 0 Å². The van der Waals surface area contributed by atoms with Gasteiger partial charge in [0.05, 0.1) is 13.1 Å². The minimum atomic E-state index is 0.626. The van der Waals surface area contributed by atoms with Gasteiger partial charge in [-0.2, -0.15) is 0 Å². The molecular weight excluding hydrogens is 242 g/mol. The molecule has 2 rings (SSSR count).